The molecule has 0 bridgehead atoms. The van der Waals surface area contributed by atoms with Crippen LogP contribution in [0.15, 0.2) is 30.5 Å². The molecule has 126 valence electrons. The van der Waals surface area contributed by atoms with E-state index in [9.17, 15) is 19.1 Å². The summed E-state index contributed by atoms with van der Waals surface area (Å²) < 4.78 is 13.8. The zero-order valence-electron chi connectivity index (χ0n) is 13.2. The van der Waals surface area contributed by atoms with Gasteiger partial charge in [0.2, 0.25) is 0 Å². The lowest BCUT2D eigenvalue weighted by atomic mass is 9.74. The number of aliphatic carboxylic acids is 1. The zero-order chi connectivity index (χ0) is 17.2. The van der Waals surface area contributed by atoms with E-state index < -0.39 is 23.1 Å². The molecule has 3 rings (SSSR count). The number of hydrogen-bond acceptors (Lipinski definition) is 3. The maximum atomic E-state index is 13.8. The molecule has 0 aliphatic heterocycles. The van der Waals surface area contributed by atoms with Crippen LogP contribution >= 0.6 is 0 Å². The van der Waals surface area contributed by atoms with E-state index in [1.807, 2.05) is 0 Å². The molecule has 5 nitrogen and oxygen atoms in total. The number of carbonyl (C=O) groups is 2. The van der Waals surface area contributed by atoms with E-state index >= 15 is 0 Å². The highest BCUT2D eigenvalue weighted by molar-refractivity contribution is 6.05. The number of carboxylic acids is 1. The van der Waals surface area contributed by atoms with Gasteiger partial charge in [0.05, 0.1) is 16.5 Å². The molecule has 1 saturated carbocycles. The molecule has 1 fully saturated rings. The Morgan fingerprint density at radius 2 is 2.00 bits per heavy atom. The van der Waals surface area contributed by atoms with E-state index in [1.54, 1.807) is 12.1 Å². The lowest BCUT2D eigenvalue weighted by molar-refractivity contribution is -0.150. The van der Waals surface area contributed by atoms with Crippen molar-refractivity contribution in [3.63, 3.8) is 0 Å². The summed E-state index contributed by atoms with van der Waals surface area (Å²) in [6.45, 7) is 0.0476. The number of hydrogen-bond donors (Lipinski definition) is 2. The van der Waals surface area contributed by atoms with Crippen LogP contribution in [0.4, 0.5) is 4.39 Å². The van der Waals surface area contributed by atoms with Crippen molar-refractivity contribution < 1.29 is 19.1 Å². The second-order valence-corrected chi connectivity index (χ2v) is 6.36. The van der Waals surface area contributed by atoms with E-state index in [-0.39, 0.29) is 12.1 Å². The van der Waals surface area contributed by atoms with Gasteiger partial charge in [-0.2, -0.15) is 0 Å². The van der Waals surface area contributed by atoms with Gasteiger partial charge in [-0.15, -0.1) is 0 Å². The highest BCUT2D eigenvalue weighted by Gasteiger charge is 2.39. The van der Waals surface area contributed by atoms with Crippen molar-refractivity contribution in [3.05, 3.63) is 41.8 Å². The number of fused-ring (bicyclic) bond motifs is 1. The number of nitrogens with one attached hydrogen (secondary N) is 1. The molecule has 24 heavy (non-hydrogen) atoms. The Hall–Kier alpha value is -2.50. The average Bonchev–Trinajstić information content (AvgIpc) is 2.59. The monoisotopic (exact) mass is 330 g/mol. The first-order valence-corrected chi connectivity index (χ1v) is 8.08. The largest absolute Gasteiger partial charge is 0.481 e. The van der Waals surface area contributed by atoms with Crippen LogP contribution < -0.4 is 5.32 Å². The van der Waals surface area contributed by atoms with Gasteiger partial charge in [0.15, 0.2) is 0 Å². The number of halogens is 1. The van der Waals surface area contributed by atoms with E-state index in [1.165, 1.54) is 12.3 Å². The predicted octanol–water partition coefficient (Wildman–Crippen LogP) is 3.14. The first-order valence-electron chi connectivity index (χ1n) is 8.08. The molecule has 0 saturated heterocycles. The number of amides is 1. The van der Waals surface area contributed by atoms with Crippen LogP contribution in [-0.4, -0.2) is 28.5 Å². The summed E-state index contributed by atoms with van der Waals surface area (Å²) in [5.41, 5.74) is -0.392. The van der Waals surface area contributed by atoms with Crippen molar-refractivity contribution in [1.82, 2.24) is 10.3 Å². The van der Waals surface area contributed by atoms with Gasteiger partial charge in [-0.25, -0.2) is 4.39 Å². The van der Waals surface area contributed by atoms with Gasteiger partial charge in [0, 0.05) is 18.1 Å². The Morgan fingerprint density at radius 1 is 1.25 bits per heavy atom. The number of carboxylic acid groups (broad SMARTS) is 1. The SMILES string of the molecule is O=C(NCC1(C(=O)O)CCCCC1)c1cc(F)cc2cccnc12. The average molecular weight is 330 g/mol. The first kappa shape index (κ1) is 16.4. The van der Waals surface area contributed by atoms with Crippen molar-refractivity contribution in [3.8, 4) is 0 Å². The topological polar surface area (TPSA) is 79.3 Å². The third kappa shape index (κ3) is 3.09. The molecule has 2 N–H and O–H groups in total. The lowest BCUT2D eigenvalue weighted by Gasteiger charge is -2.33. The summed E-state index contributed by atoms with van der Waals surface area (Å²) in [5, 5.41) is 12.8. The molecule has 1 amide bonds. The summed E-state index contributed by atoms with van der Waals surface area (Å²) in [6, 6.07) is 5.81. The number of rotatable bonds is 4. The number of carbonyl (C=O) groups excluding carboxylic acids is 1. The predicted molar refractivity (Wildman–Crippen MR) is 87.2 cm³/mol. The quantitative estimate of drug-likeness (QED) is 0.902. The Kier molecular flexibility index (Phi) is 4.46. The molecule has 0 spiro atoms. The minimum atomic E-state index is -0.926. The molecule has 0 radical (unpaired) electrons. The summed E-state index contributed by atoms with van der Waals surface area (Å²) >= 11 is 0. The molecule has 1 aliphatic rings. The van der Waals surface area contributed by atoms with Gasteiger partial charge >= 0.3 is 5.97 Å². The maximum Gasteiger partial charge on any atom is 0.311 e. The van der Waals surface area contributed by atoms with Gasteiger partial charge < -0.3 is 10.4 Å². The Balaban J connectivity index is 1.84. The third-order valence-corrected chi connectivity index (χ3v) is 4.77. The van der Waals surface area contributed by atoms with Crippen LogP contribution in [0.25, 0.3) is 10.9 Å². The third-order valence-electron chi connectivity index (χ3n) is 4.77. The summed E-state index contributed by atoms with van der Waals surface area (Å²) in [5.74, 6) is -1.90. The molecular weight excluding hydrogens is 311 g/mol. The van der Waals surface area contributed by atoms with Crippen molar-refractivity contribution in [2.45, 2.75) is 32.1 Å². The number of nitrogens with zero attached hydrogens (tertiary/aromatic N) is 1. The molecule has 0 atom stereocenters. The lowest BCUT2D eigenvalue weighted by Crippen LogP contribution is -2.44. The summed E-state index contributed by atoms with van der Waals surface area (Å²) in [6.07, 6.45) is 5.33. The highest BCUT2D eigenvalue weighted by Crippen LogP contribution is 2.36. The molecule has 1 heterocycles. The van der Waals surface area contributed by atoms with Crippen LogP contribution in [0.2, 0.25) is 0 Å². The van der Waals surface area contributed by atoms with Crippen LogP contribution in [0, 0.1) is 11.2 Å². The normalized spacial score (nSPS) is 16.7. The first-order chi connectivity index (χ1) is 11.5. The van der Waals surface area contributed by atoms with Crippen molar-refractivity contribution in [1.29, 1.82) is 0 Å². The minimum absolute atomic E-state index is 0.0476. The van der Waals surface area contributed by atoms with Gasteiger partial charge in [-0.3, -0.25) is 14.6 Å². The summed E-state index contributed by atoms with van der Waals surface area (Å²) in [7, 11) is 0. The van der Waals surface area contributed by atoms with E-state index in [0.717, 1.165) is 25.3 Å². The van der Waals surface area contributed by atoms with E-state index in [0.29, 0.717) is 23.7 Å². The van der Waals surface area contributed by atoms with Gasteiger partial charge in [0.1, 0.15) is 5.82 Å². The minimum Gasteiger partial charge on any atom is -0.481 e. The Labute approximate surface area is 138 Å². The van der Waals surface area contributed by atoms with E-state index in [4.69, 9.17) is 0 Å². The van der Waals surface area contributed by atoms with Crippen LogP contribution in [0.1, 0.15) is 42.5 Å². The second kappa shape index (κ2) is 6.55. The number of pyridine rings is 1. The van der Waals surface area contributed by atoms with Crippen molar-refractivity contribution >= 4 is 22.8 Å². The molecule has 1 aromatic heterocycles. The standard InChI is InChI=1S/C18H19FN2O3/c19-13-9-12-5-4-8-20-15(12)14(10-13)16(22)21-11-18(17(23)24)6-2-1-3-7-18/h4-5,8-10H,1-3,6-7,11H2,(H,21,22)(H,23,24). The Morgan fingerprint density at radius 3 is 2.71 bits per heavy atom. The van der Waals surface area contributed by atoms with Crippen LogP contribution in [0.5, 0.6) is 0 Å². The van der Waals surface area contributed by atoms with Crippen molar-refractivity contribution in [2.24, 2.45) is 5.41 Å². The number of aromatic nitrogens is 1. The molecule has 1 aromatic carbocycles. The fourth-order valence-corrected chi connectivity index (χ4v) is 3.37. The van der Waals surface area contributed by atoms with Crippen molar-refractivity contribution in [2.75, 3.05) is 6.54 Å². The summed E-state index contributed by atoms with van der Waals surface area (Å²) in [4.78, 5) is 28.3. The molecule has 6 heteroatoms. The Bertz CT molecular complexity index is 785. The molecule has 0 unspecified atom stereocenters. The number of benzene rings is 1. The zero-order valence-corrected chi connectivity index (χ0v) is 13.2. The fourth-order valence-electron chi connectivity index (χ4n) is 3.37. The van der Waals surface area contributed by atoms with Gasteiger partial charge in [0.25, 0.3) is 5.91 Å². The smallest absolute Gasteiger partial charge is 0.311 e. The van der Waals surface area contributed by atoms with Gasteiger partial charge in [-0.1, -0.05) is 25.3 Å². The van der Waals surface area contributed by atoms with Crippen LogP contribution in [0.3, 0.4) is 0 Å². The van der Waals surface area contributed by atoms with Crippen LogP contribution in [-0.2, 0) is 4.79 Å². The molecule has 2 aromatic rings. The van der Waals surface area contributed by atoms with Gasteiger partial charge in [-0.05, 0) is 31.0 Å². The van der Waals surface area contributed by atoms with E-state index in [2.05, 4.69) is 10.3 Å². The maximum absolute atomic E-state index is 13.8. The second-order valence-electron chi connectivity index (χ2n) is 6.36. The fraction of sp³-hybridized carbons (Fsp3) is 0.389. The molecule has 1 aliphatic carbocycles. The highest BCUT2D eigenvalue weighted by atomic mass is 19.1. The molecular formula is C18H19FN2O3.